The van der Waals surface area contributed by atoms with Crippen LogP contribution in [0.1, 0.15) is 32.6 Å². The van der Waals surface area contributed by atoms with Gasteiger partial charge in [0.05, 0.1) is 13.2 Å². The summed E-state index contributed by atoms with van der Waals surface area (Å²) in [5, 5.41) is 8.17. The third-order valence-corrected chi connectivity index (χ3v) is 3.23. The lowest BCUT2D eigenvalue weighted by Gasteiger charge is -2.22. The Hall–Kier alpha value is -1.57. The highest BCUT2D eigenvalue weighted by atomic mass is 16.7. The normalized spacial score (nSPS) is 18.8. The molecule has 0 aromatic carbocycles. The largest absolute Gasteiger partial charge is 0.353 e. The molecule has 1 fully saturated rings. The number of carbonyl (C=O) groups is 1. The summed E-state index contributed by atoms with van der Waals surface area (Å²) in [4.78, 5) is 11.3. The van der Waals surface area contributed by atoms with Crippen LogP contribution >= 0.6 is 0 Å². The third-order valence-electron chi connectivity index (χ3n) is 3.23. The van der Waals surface area contributed by atoms with Gasteiger partial charge in [0.15, 0.2) is 6.29 Å². The van der Waals surface area contributed by atoms with E-state index < -0.39 is 0 Å². The molecule has 0 aliphatic carbocycles. The van der Waals surface area contributed by atoms with E-state index in [0.29, 0.717) is 17.8 Å². The van der Waals surface area contributed by atoms with Gasteiger partial charge >= 0.3 is 0 Å². The van der Waals surface area contributed by atoms with Gasteiger partial charge in [-0.25, -0.2) is 5.53 Å². The SMILES string of the molecule is C=C(C)C(=O)NCCC[NH2+]C=C(COC1CCCCO1)N=N. The number of hydrogen-bond acceptors (Lipinski definition) is 5. The number of amides is 1. The fraction of sp³-hybridized carbons (Fsp3) is 0.667. The van der Waals surface area contributed by atoms with Crippen LogP contribution < -0.4 is 10.6 Å². The number of carbonyl (C=O) groups excluding carboxylic acids is 1. The highest BCUT2D eigenvalue weighted by Gasteiger charge is 2.14. The lowest BCUT2D eigenvalue weighted by atomic mass is 10.2. The second kappa shape index (κ2) is 11.1. The molecule has 1 unspecified atom stereocenters. The summed E-state index contributed by atoms with van der Waals surface area (Å²) in [7, 11) is 0. The maximum absolute atomic E-state index is 11.3. The van der Waals surface area contributed by atoms with E-state index in [4.69, 9.17) is 15.0 Å². The van der Waals surface area contributed by atoms with Crippen LogP contribution in [0.5, 0.6) is 0 Å². The van der Waals surface area contributed by atoms with Crippen LogP contribution in [-0.2, 0) is 14.3 Å². The van der Waals surface area contributed by atoms with E-state index in [1.165, 1.54) is 0 Å². The monoisotopic (exact) mass is 311 g/mol. The molecule has 1 saturated heterocycles. The second-order valence-electron chi connectivity index (χ2n) is 5.29. The summed E-state index contributed by atoms with van der Waals surface area (Å²) in [6.45, 7) is 7.70. The molecule has 7 heteroatoms. The highest BCUT2D eigenvalue weighted by molar-refractivity contribution is 5.91. The van der Waals surface area contributed by atoms with Gasteiger partial charge in [0.1, 0.15) is 11.9 Å². The lowest BCUT2D eigenvalue weighted by Crippen LogP contribution is -2.78. The smallest absolute Gasteiger partial charge is 0.246 e. The minimum atomic E-state index is -0.170. The second-order valence-corrected chi connectivity index (χ2v) is 5.29. The van der Waals surface area contributed by atoms with Gasteiger partial charge in [-0.05, 0) is 26.2 Å². The summed E-state index contributed by atoms with van der Waals surface area (Å²) in [5.74, 6) is -0.113. The predicted octanol–water partition coefficient (Wildman–Crippen LogP) is 1.05. The number of rotatable bonds is 10. The Labute approximate surface area is 131 Å². The van der Waals surface area contributed by atoms with Gasteiger partial charge in [-0.3, -0.25) is 4.79 Å². The van der Waals surface area contributed by atoms with Gasteiger partial charge in [0.2, 0.25) is 5.91 Å². The van der Waals surface area contributed by atoms with Gasteiger partial charge in [0.25, 0.3) is 0 Å². The Kier molecular flexibility index (Phi) is 9.29. The maximum atomic E-state index is 11.3. The van der Waals surface area contributed by atoms with E-state index in [1.54, 1.807) is 13.1 Å². The van der Waals surface area contributed by atoms with E-state index in [0.717, 1.165) is 38.8 Å². The number of hydrogen-bond donors (Lipinski definition) is 3. The minimum Gasteiger partial charge on any atom is -0.353 e. The molecule has 7 nitrogen and oxygen atoms in total. The molecule has 22 heavy (non-hydrogen) atoms. The summed E-state index contributed by atoms with van der Waals surface area (Å²) in [5.41, 5.74) is 8.23. The average molecular weight is 311 g/mol. The van der Waals surface area contributed by atoms with E-state index in [2.05, 4.69) is 17.0 Å². The molecule has 0 radical (unpaired) electrons. The summed E-state index contributed by atoms with van der Waals surface area (Å²) >= 11 is 0. The van der Waals surface area contributed by atoms with Crippen molar-refractivity contribution in [2.24, 2.45) is 5.11 Å². The van der Waals surface area contributed by atoms with Gasteiger partial charge in [-0.1, -0.05) is 6.58 Å². The molecule has 1 rings (SSSR count). The molecule has 4 N–H and O–H groups in total. The van der Waals surface area contributed by atoms with Crippen molar-refractivity contribution in [1.82, 2.24) is 5.32 Å². The standard InChI is InChI=1S/C15H26N4O3/c1-12(2)15(20)18-8-5-7-17-10-13(19-16)11-22-14-6-3-4-9-21-14/h10,14,16-17H,1,3-9,11H2,2H3,(H,18,20)/p+1. The fourth-order valence-electron chi connectivity index (χ4n) is 1.93. The van der Waals surface area contributed by atoms with Crippen LogP contribution in [0.3, 0.4) is 0 Å². The quantitative estimate of drug-likeness (QED) is 0.319. The van der Waals surface area contributed by atoms with Crippen LogP contribution in [0.4, 0.5) is 0 Å². The number of nitrogens with one attached hydrogen (secondary N) is 2. The van der Waals surface area contributed by atoms with Crippen LogP contribution in [0.25, 0.3) is 0 Å². The first-order chi connectivity index (χ1) is 10.6. The minimum absolute atomic E-state index is 0.113. The van der Waals surface area contributed by atoms with Gasteiger partial charge in [-0.15, -0.1) is 0 Å². The molecule has 1 aliphatic rings. The van der Waals surface area contributed by atoms with E-state index in [1.807, 2.05) is 5.32 Å². The number of quaternary nitrogens is 1. The van der Waals surface area contributed by atoms with Crippen molar-refractivity contribution in [2.45, 2.75) is 38.9 Å². The first-order valence-electron chi connectivity index (χ1n) is 7.70. The van der Waals surface area contributed by atoms with Gasteiger partial charge in [0, 0.05) is 25.1 Å². The Morgan fingerprint density at radius 3 is 3.05 bits per heavy atom. The van der Waals surface area contributed by atoms with Crippen molar-refractivity contribution in [3.63, 3.8) is 0 Å². The molecule has 0 aromatic heterocycles. The molecule has 0 aromatic rings. The Morgan fingerprint density at radius 2 is 2.41 bits per heavy atom. The van der Waals surface area contributed by atoms with Crippen molar-refractivity contribution in [1.29, 1.82) is 5.53 Å². The first kappa shape index (κ1) is 18.5. The van der Waals surface area contributed by atoms with Crippen LogP contribution in [0, 0.1) is 5.53 Å². The van der Waals surface area contributed by atoms with E-state index in [-0.39, 0.29) is 18.8 Å². The molecule has 1 amide bonds. The van der Waals surface area contributed by atoms with E-state index in [9.17, 15) is 4.79 Å². The lowest BCUT2D eigenvalue weighted by molar-refractivity contribution is -0.588. The highest BCUT2D eigenvalue weighted by Crippen LogP contribution is 2.14. The summed E-state index contributed by atoms with van der Waals surface area (Å²) < 4.78 is 11.0. The van der Waals surface area contributed by atoms with Crippen molar-refractivity contribution in [3.8, 4) is 0 Å². The predicted molar refractivity (Wildman–Crippen MR) is 82.0 cm³/mol. The van der Waals surface area contributed by atoms with Crippen LogP contribution in [0.15, 0.2) is 29.2 Å². The molecule has 0 bridgehead atoms. The molecule has 1 atom stereocenters. The number of nitrogens with zero attached hydrogens (tertiary/aromatic N) is 1. The topological polar surface area (TPSA) is 100 Å². The Balaban J connectivity index is 2.12. The molecule has 0 saturated carbocycles. The molecule has 1 aliphatic heterocycles. The van der Waals surface area contributed by atoms with Crippen molar-refractivity contribution in [2.75, 3.05) is 26.3 Å². The molecule has 1 heterocycles. The van der Waals surface area contributed by atoms with Gasteiger partial charge in [-0.2, -0.15) is 5.11 Å². The zero-order valence-corrected chi connectivity index (χ0v) is 13.3. The molecular formula is C15H27N4O3+. The van der Waals surface area contributed by atoms with Gasteiger partial charge < -0.3 is 20.1 Å². The zero-order valence-electron chi connectivity index (χ0n) is 13.3. The van der Waals surface area contributed by atoms with Crippen molar-refractivity contribution in [3.05, 3.63) is 24.0 Å². The zero-order chi connectivity index (χ0) is 16.2. The molecule has 124 valence electrons. The number of nitrogens with two attached hydrogens (primary N) is 1. The first-order valence-corrected chi connectivity index (χ1v) is 7.70. The maximum Gasteiger partial charge on any atom is 0.246 e. The van der Waals surface area contributed by atoms with Crippen LogP contribution in [-0.4, -0.2) is 38.5 Å². The van der Waals surface area contributed by atoms with E-state index >= 15 is 0 Å². The summed E-state index contributed by atoms with van der Waals surface area (Å²) in [6, 6.07) is 0. The van der Waals surface area contributed by atoms with Crippen molar-refractivity contribution >= 4 is 5.91 Å². The average Bonchev–Trinajstić information content (AvgIpc) is 2.54. The number of ether oxygens (including phenoxy) is 2. The Morgan fingerprint density at radius 1 is 1.59 bits per heavy atom. The molecular weight excluding hydrogens is 284 g/mol. The Bertz CT molecular complexity index is 404. The third kappa shape index (κ3) is 8.02. The van der Waals surface area contributed by atoms with Crippen molar-refractivity contribution < 1.29 is 19.6 Å². The summed E-state index contributed by atoms with van der Waals surface area (Å²) in [6.07, 6.45) is 5.54. The van der Waals surface area contributed by atoms with Crippen LogP contribution in [0.2, 0.25) is 0 Å². The fourth-order valence-corrected chi connectivity index (χ4v) is 1.93. The molecule has 0 spiro atoms.